The second-order valence-electron chi connectivity index (χ2n) is 7.95. The normalized spacial score (nSPS) is 28.4. The minimum Gasteiger partial charge on any atom is -0.392 e. The van der Waals surface area contributed by atoms with Crippen molar-refractivity contribution in [2.75, 3.05) is 44.3 Å². The lowest BCUT2D eigenvalue weighted by molar-refractivity contribution is -0.0602. The van der Waals surface area contributed by atoms with Gasteiger partial charge in [-0.15, -0.1) is 0 Å². The number of rotatable bonds is 2. The number of aromatic nitrogens is 1. The van der Waals surface area contributed by atoms with Crippen LogP contribution in [0.3, 0.4) is 0 Å². The zero-order chi connectivity index (χ0) is 17.3. The van der Waals surface area contributed by atoms with Crippen LogP contribution in [0.5, 0.6) is 0 Å². The minimum atomic E-state index is -0.249. The van der Waals surface area contributed by atoms with E-state index in [1.807, 2.05) is 0 Å². The maximum absolute atomic E-state index is 14.0. The average molecular weight is 349 g/mol. The number of ether oxygens (including phenoxy) is 1. The van der Waals surface area contributed by atoms with Gasteiger partial charge in [-0.05, 0) is 43.6 Å². The Balaban J connectivity index is 1.43. The van der Waals surface area contributed by atoms with Crippen molar-refractivity contribution in [3.05, 3.63) is 24.3 Å². The second-order valence-corrected chi connectivity index (χ2v) is 7.95. The van der Waals surface area contributed by atoms with Crippen LogP contribution >= 0.6 is 0 Å². The molecule has 1 spiro atoms. The van der Waals surface area contributed by atoms with Crippen LogP contribution in [-0.2, 0) is 4.74 Å². The maximum Gasteiger partial charge on any atom is 0.164 e. The van der Waals surface area contributed by atoms with Crippen molar-refractivity contribution in [2.24, 2.45) is 5.41 Å². The van der Waals surface area contributed by atoms with Gasteiger partial charge in [-0.25, -0.2) is 4.39 Å². The first-order chi connectivity index (χ1) is 12.2. The van der Waals surface area contributed by atoms with E-state index in [0.29, 0.717) is 11.7 Å². The summed E-state index contributed by atoms with van der Waals surface area (Å²) < 4.78 is 19.5. The topological polar surface area (TPSA) is 48.8 Å². The second kappa shape index (κ2) is 7.17. The predicted molar refractivity (Wildman–Crippen MR) is 94.1 cm³/mol. The molecule has 4 heterocycles. The summed E-state index contributed by atoms with van der Waals surface area (Å²) in [4.78, 5) is 8.47. The van der Waals surface area contributed by atoms with Gasteiger partial charge >= 0.3 is 0 Å². The number of nitrogens with zero attached hydrogens (tertiary/aromatic N) is 3. The van der Waals surface area contributed by atoms with Gasteiger partial charge in [0.25, 0.3) is 0 Å². The Kier molecular flexibility index (Phi) is 4.93. The van der Waals surface area contributed by atoms with Crippen LogP contribution in [0.15, 0.2) is 18.5 Å². The van der Waals surface area contributed by atoms with Crippen LogP contribution in [0.1, 0.15) is 32.1 Å². The highest BCUT2D eigenvalue weighted by molar-refractivity contribution is 5.46. The first kappa shape index (κ1) is 17.2. The summed E-state index contributed by atoms with van der Waals surface area (Å²) in [5, 5.41) is 10.5. The number of aliphatic hydroxyl groups excluding tert-OH is 1. The fourth-order valence-electron chi connectivity index (χ4n) is 4.93. The van der Waals surface area contributed by atoms with Crippen molar-refractivity contribution in [1.29, 1.82) is 0 Å². The Hall–Kier alpha value is -1.24. The van der Waals surface area contributed by atoms with E-state index in [1.54, 1.807) is 12.3 Å². The zero-order valence-corrected chi connectivity index (χ0v) is 14.7. The van der Waals surface area contributed by atoms with Gasteiger partial charge in [0.05, 0.1) is 18.0 Å². The number of hydrogen-bond acceptors (Lipinski definition) is 5. The smallest absolute Gasteiger partial charge is 0.164 e. The SMILES string of the molecule is OC1CN(C2CCOCC2)CC2(CCN(c3ccncc3F)CC2)C1. The average Bonchev–Trinajstić information content (AvgIpc) is 2.63. The van der Waals surface area contributed by atoms with Gasteiger partial charge in [-0.2, -0.15) is 0 Å². The largest absolute Gasteiger partial charge is 0.392 e. The monoisotopic (exact) mass is 349 g/mol. The number of hydrogen-bond donors (Lipinski definition) is 1. The summed E-state index contributed by atoms with van der Waals surface area (Å²) >= 11 is 0. The molecule has 0 bridgehead atoms. The zero-order valence-electron chi connectivity index (χ0n) is 14.7. The lowest BCUT2D eigenvalue weighted by Crippen LogP contribution is -2.57. The van der Waals surface area contributed by atoms with Crippen molar-refractivity contribution >= 4 is 5.69 Å². The van der Waals surface area contributed by atoms with E-state index in [4.69, 9.17) is 4.74 Å². The van der Waals surface area contributed by atoms with Gasteiger partial charge in [-0.3, -0.25) is 9.88 Å². The molecule has 1 aromatic rings. The summed E-state index contributed by atoms with van der Waals surface area (Å²) in [7, 11) is 0. The number of aliphatic hydroxyl groups is 1. The molecule has 0 aromatic carbocycles. The fourth-order valence-corrected chi connectivity index (χ4v) is 4.93. The Morgan fingerprint density at radius 3 is 2.72 bits per heavy atom. The number of pyridine rings is 1. The molecule has 3 aliphatic heterocycles. The molecule has 0 radical (unpaired) electrons. The molecule has 138 valence electrons. The van der Waals surface area contributed by atoms with Crippen molar-refractivity contribution < 1.29 is 14.2 Å². The van der Waals surface area contributed by atoms with Gasteiger partial charge in [0.1, 0.15) is 0 Å². The Morgan fingerprint density at radius 2 is 2.00 bits per heavy atom. The van der Waals surface area contributed by atoms with E-state index < -0.39 is 0 Å². The quantitative estimate of drug-likeness (QED) is 0.886. The van der Waals surface area contributed by atoms with Crippen LogP contribution in [-0.4, -0.2) is 66.5 Å². The summed E-state index contributed by atoms with van der Waals surface area (Å²) in [6.07, 6.45) is 7.71. The first-order valence-electron chi connectivity index (χ1n) is 9.50. The highest BCUT2D eigenvalue weighted by atomic mass is 19.1. The number of anilines is 1. The van der Waals surface area contributed by atoms with E-state index >= 15 is 0 Å². The molecule has 5 nitrogen and oxygen atoms in total. The highest BCUT2D eigenvalue weighted by Crippen LogP contribution is 2.42. The van der Waals surface area contributed by atoms with E-state index in [-0.39, 0.29) is 17.3 Å². The standard InChI is InChI=1S/C19H28FN3O2/c20-17-12-21-6-1-18(17)22-7-4-19(5-8-22)11-16(24)13-23(14-19)15-2-9-25-10-3-15/h1,6,12,15-16,24H,2-5,7-11,13-14H2. The number of piperidine rings is 2. The molecule has 0 aliphatic carbocycles. The molecule has 0 amide bonds. The third-order valence-corrected chi connectivity index (χ3v) is 6.28. The molecule has 0 saturated carbocycles. The molecule has 3 fully saturated rings. The van der Waals surface area contributed by atoms with Crippen LogP contribution < -0.4 is 4.90 Å². The third kappa shape index (κ3) is 3.66. The molecular formula is C19H28FN3O2. The highest BCUT2D eigenvalue weighted by Gasteiger charge is 2.43. The fraction of sp³-hybridized carbons (Fsp3) is 0.737. The molecule has 1 unspecified atom stereocenters. The van der Waals surface area contributed by atoms with E-state index in [2.05, 4.69) is 14.8 Å². The third-order valence-electron chi connectivity index (χ3n) is 6.28. The summed E-state index contributed by atoms with van der Waals surface area (Å²) in [5.41, 5.74) is 0.818. The molecule has 1 aromatic heterocycles. The number of halogens is 1. The molecule has 4 rings (SSSR count). The van der Waals surface area contributed by atoms with E-state index in [9.17, 15) is 9.50 Å². The van der Waals surface area contributed by atoms with Gasteiger partial charge in [0.15, 0.2) is 5.82 Å². The van der Waals surface area contributed by atoms with Gasteiger partial charge in [-0.1, -0.05) is 0 Å². The molecular weight excluding hydrogens is 321 g/mol. The number of likely N-dealkylation sites (tertiary alicyclic amines) is 1. The minimum absolute atomic E-state index is 0.163. The summed E-state index contributed by atoms with van der Waals surface area (Å²) in [5.74, 6) is -0.244. The molecule has 1 atom stereocenters. The van der Waals surface area contributed by atoms with Gasteiger partial charge in [0.2, 0.25) is 0 Å². The molecule has 3 saturated heterocycles. The maximum atomic E-state index is 14.0. The summed E-state index contributed by atoms with van der Waals surface area (Å²) in [6, 6.07) is 2.30. The summed E-state index contributed by atoms with van der Waals surface area (Å²) in [6.45, 7) is 5.19. The van der Waals surface area contributed by atoms with Gasteiger partial charge in [0, 0.05) is 51.6 Å². The van der Waals surface area contributed by atoms with Crippen LogP contribution in [0.25, 0.3) is 0 Å². The first-order valence-corrected chi connectivity index (χ1v) is 9.50. The Morgan fingerprint density at radius 1 is 1.24 bits per heavy atom. The van der Waals surface area contributed by atoms with E-state index in [1.165, 1.54) is 6.20 Å². The lowest BCUT2D eigenvalue weighted by Gasteiger charge is -2.51. The molecule has 1 N–H and O–H groups in total. The van der Waals surface area contributed by atoms with Crippen molar-refractivity contribution in [2.45, 2.75) is 44.2 Å². The van der Waals surface area contributed by atoms with E-state index in [0.717, 1.165) is 71.5 Å². The van der Waals surface area contributed by atoms with Gasteiger partial charge < -0.3 is 14.7 Å². The van der Waals surface area contributed by atoms with Crippen molar-refractivity contribution in [3.8, 4) is 0 Å². The number of β-amino-alcohol motifs (C(OH)–C–C–N with tert-alkyl or cyclic N) is 1. The molecule has 6 heteroatoms. The predicted octanol–water partition coefficient (Wildman–Crippen LogP) is 2.05. The van der Waals surface area contributed by atoms with Crippen LogP contribution in [0, 0.1) is 11.2 Å². The Bertz CT molecular complexity index is 586. The molecule has 3 aliphatic rings. The lowest BCUT2D eigenvalue weighted by atomic mass is 9.71. The molecule has 25 heavy (non-hydrogen) atoms. The Labute approximate surface area is 148 Å². The van der Waals surface area contributed by atoms with Crippen molar-refractivity contribution in [3.63, 3.8) is 0 Å². The van der Waals surface area contributed by atoms with Crippen LogP contribution in [0.2, 0.25) is 0 Å². The van der Waals surface area contributed by atoms with Crippen molar-refractivity contribution in [1.82, 2.24) is 9.88 Å². The van der Waals surface area contributed by atoms with Crippen LogP contribution in [0.4, 0.5) is 10.1 Å².